The number of nitrogens with one attached hydrogen (secondary N) is 1. The first-order chi connectivity index (χ1) is 11.8. The highest BCUT2D eigenvalue weighted by Gasteiger charge is 2.40. The van der Waals surface area contributed by atoms with E-state index in [1.165, 1.54) is 31.4 Å². The van der Waals surface area contributed by atoms with Crippen LogP contribution < -0.4 is 10.1 Å². The quantitative estimate of drug-likeness (QED) is 0.814. The molecule has 0 radical (unpaired) electrons. The molecule has 0 saturated carbocycles. The molecule has 2 aromatic carbocycles. The van der Waals surface area contributed by atoms with Crippen LogP contribution in [0.4, 0.5) is 13.2 Å². The standard InChI is InChI=1S/C18H16F3NO3/c1-25-14-9-7-13(8-10-14)16(23)15(22-17(24)18(19,20)21)11-12-5-3-2-4-6-12/h2-10,15H,11H2,1H3,(H,22,24)/t15-/m0/s1. The van der Waals surface area contributed by atoms with Crippen LogP contribution in [-0.4, -0.2) is 31.0 Å². The summed E-state index contributed by atoms with van der Waals surface area (Å²) in [5, 5.41) is 1.79. The van der Waals surface area contributed by atoms with Crippen molar-refractivity contribution in [1.82, 2.24) is 5.32 Å². The van der Waals surface area contributed by atoms with Crippen molar-refractivity contribution in [3.8, 4) is 5.75 Å². The number of carbonyl (C=O) groups excluding carboxylic acids is 2. The Bertz CT molecular complexity index is 727. The molecule has 0 saturated heterocycles. The number of hydrogen-bond donors (Lipinski definition) is 1. The molecule has 0 unspecified atom stereocenters. The average Bonchev–Trinajstić information content (AvgIpc) is 2.60. The number of benzene rings is 2. The molecule has 0 aliphatic rings. The summed E-state index contributed by atoms with van der Waals surface area (Å²) in [6.45, 7) is 0. The molecule has 0 spiro atoms. The molecule has 2 rings (SSSR count). The third-order valence-electron chi connectivity index (χ3n) is 3.54. The maximum absolute atomic E-state index is 12.6. The third kappa shape index (κ3) is 5.07. The normalized spacial score (nSPS) is 12.3. The van der Waals surface area contributed by atoms with E-state index < -0.39 is 23.9 Å². The van der Waals surface area contributed by atoms with E-state index >= 15 is 0 Å². The molecule has 4 nitrogen and oxygen atoms in total. The van der Waals surface area contributed by atoms with Crippen LogP contribution in [0.15, 0.2) is 54.6 Å². The fourth-order valence-electron chi connectivity index (χ4n) is 2.26. The van der Waals surface area contributed by atoms with Crippen molar-refractivity contribution in [3.63, 3.8) is 0 Å². The molecule has 0 heterocycles. The van der Waals surface area contributed by atoms with Gasteiger partial charge in [-0.05, 0) is 29.8 Å². The Morgan fingerprint density at radius 1 is 1.04 bits per heavy atom. The molecular formula is C18H16F3NO3. The zero-order chi connectivity index (χ0) is 18.4. The number of ether oxygens (including phenoxy) is 1. The van der Waals surface area contributed by atoms with Crippen LogP contribution in [0.3, 0.4) is 0 Å². The number of hydrogen-bond acceptors (Lipinski definition) is 3. The summed E-state index contributed by atoms with van der Waals surface area (Å²) in [6.07, 6.45) is -5.11. The van der Waals surface area contributed by atoms with Crippen LogP contribution in [-0.2, 0) is 11.2 Å². The zero-order valence-electron chi connectivity index (χ0n) is 13.3. The molecule has 1 atom stereocenters. The topological polar surface area (TPSA) is 55.4 Å². The second-order valence-electron chi connectivity index (χ2n) is 5.31. The Labute approximate surface area is 142 Å². The fourth-order valence-corrected chi connectivity index (χ4v) is 2.26. The van der Waals surface area contributed by atoms with Crippen LogP contribution in [0.2, 0.25) is 0 Å². The molecule has 7 heteroatoms. The Morgan fingerprint density at radius 2 is 1.64 bits per heavy atom. The lowest BCUT2D eigenvalue weighted by Crippen LogP contribution is -2.48. The van der Waals surface area contributed by atoms with Crippen LogP contribution in [0.25, 0.3) is 0 Å². The number of amides is 1. The summed E-state index contributed by atoms with van der Waals surface area (Å²) in [4.78, 5) is 23.9. The van der Waals surface area contributed by atoms with Gasteiger partial charge in [-0.3, -0.25) is 9.59 Å². The van der Waals surface area contributed by atoms with Gasteiger partial charge in [-0.2, -0.15) is 13.2 Å². The van der Waals surface area contributed by atoms with E-state index in [2.05, 4.69) is 0 Å². The van der Waals surface area contributed by atoms with E-state index in [-0.39, 0.29) is 12.0 Å². The average molecular weight is 351 g/mol. The Morgan fingerprint density at radius 3 is 2.16 bits per heavy atom. The minimum Gasteiger partial charge on any atom is -0.497 e. The second kappa shape index (κ2) is 7.83. The fraction of sp³-hybridized carbons (Fsp3) is 0.222. The van der Waals surface area contributed by atoms with E-state index in [0.717, 1.165) is 0 Å². The highest BCUT2D eigenvalue weighted by atomic mass is 19.4. The summed E-state index contributed by atoms with van der Waals surface area (Å²) in [7, 11) is 1.46. The van der Waals surface area contributed by atoms with Crippen LogP contribution in [0, 0.1) is 0 Å². The first-order valence-corrected chi connectivity index (χ1v) is 7.41. The Hall–Kier alpha value is -2.83. The summed E-state index contributed by atoms with van der Waals surface area (Å²) < 4.78 is 42.7. The van der Waals surface area contributed by atoms with Gasteiger partial charge in [0.15, 0.2) is 5.78 Å². The lowest BCUT2D eigenvalue weighted by molar-refractivity contribution is -0.174. The molecular weight excluding hydrogens is 335 g/mol. The van der Waals surface area contributed by atoms with Crippen molar-refractivity contribution in [2.24, 2.45) is 0 Å². The first-order valence-electron chi connectivity index (χ1n) is 7.41. The largest absolute Gasteiger partial charge is 0.497 e. The third-order valence-corrected chi connectivity index (χ3v) is 3.54. The number of methoxy groups -OCH3 is 1. The molecule has 2 aromatic rings. The van der Waals surface area contributed by atoms with Crippen molar-refractivity contribution in [2.75, 3.05) is 7.11 Å². The van der Waals surface area contributed by atoms with Crippen molar-refractivity contribution in [3.05, 3.63) is 65.7 Å². The Kier molecular flexibility index (Phi) is 5.80. The van der Waals surface area contributed by atoms with Crippen LogP contribution in [0.5, 0.6) is 5.75 Å². The van der Waals surface area contributed by atoms with Gasteiger partial charge >= 0.3 is 12.1 Å². The zero-order valence-corrected chi connectivity index (χ0v) is 13.3. The van der Waals surface area contributed by atoms with E-state index in [1.54, 1.807) is 35.6 Å². The van der Waals surface area contributed by atoms with Crippen LogP contribution >= 0.6 is 0 Å². The number of carbonyl (C=O) groups is 2. The molecule has 25 heavy (non-hydrogen) atoms. The van der Waals surface area contributed by atoms with Gasteiger partial charge < -0.3 is 10.1 Å². The first kappa shape index (κ1) is 18.5. The van der Waals surface area contributed by atoms with E-state index in [0.29, 0.717) is 11.3 Å². The lowest BCUT2D eigenvalue weighted by atomic mass is 9.97. The minimum atomic E-state index is -5.06. The number of rotatable bonds is 6. The van der Waals surface area contributed by atoms with Crippen molar-refractivity contribution in [1.29, 1.82) is 0 Å². The van der Waals surface area contributed by atoms with E-state index in [1.807, 2.05) is 0 Å². The molecule has 1 amide bonds. The van der Waals surface area contributed by atoms with Crippen molar-refractivity contribution in [2.45, 2.75) is 18.6 Å². The summed E-state index contributed by atoms with van der Waals surface area (Å²) >= 11 is 0. The molecule has 0 aliphatic carbocycles. The van der Waals surface area contributed by atoms with Gasteiger partial charge in [-0.15, -0.1) is 0 Å². The van der Waals surface area contributed by atoms with Gasteiger partial charge in [-0.1, -0.05) is 30.3 Å². The highest BCUT2D eigenvalue weighted by Crippen LogP contribution is 2.18. The second-order valence-corrected chi connectivity index (χ2v) is 5.31. The minimum absolute atomic E-state index is 0.0481. The van der Waals surface area contributed by atoms with Gasteiger partial charge in [0, 0.05) is 12.0 Å². The number of Topliss-reactive ketones (excluding diaryl/α,β-unsaturated/α-hetero) is 1. The van der Waals surface area contributed by atoms with Gasteiger partial charge in [0.1, 0.15) is 5.75 Å². The maximum Gasteiger partial charge on any atom is 0.471 e. The smallest absolute Gasteiger partial charge is 0.471 e. The molecule has 132 valence electrons. The Balaban J connectivity index is 2.25. The number of halogens is 3. The molecule has 0 aromatic heterocycles. The number of alkyl halides is 3. The lowest BCUT2D eigenvalue weighted by Gasteiger charge is -2.19. The summed E-state index contributed by atoms with van der Waals surface area (Å²) in [5.74, 6) is -2.24. The SMILES string of the molecule is COc1ccc(C(=O)[C@H](Cc2ccccc2)NC(=O)C(F)(F)F)cc1. The molecule has 1 N–H and O–H groups in total. The van der Waals surface area contributed by atoms with Crippen LogP contribution in [0.1, 0.15) is 15.9 Å². The molecule has 0 bridgehead atoms. The van der Waals surface area contributed by atoms with Gasteiger partial charge in [0.2, 0.25) is 0 Å². The molecule has 0 aliphatic heterocycles. The van der Waals surface area contributed by atoms with E-state index in [4.69, 9.17) is 4.74 Å². The number of ketones is 1. The highest BCUT2D eigenvalue weighted by molar-refractivity contribution is 6.02. The summed E-state index contributed by atoms with van der Waals surface area (Å²) in [5.41, 5.74) is 0.820. The maximum atomic E-state index is 12.6. The monoisotopic (exact) mass is 351 g/mol. The van der Waals surface area contributed by atoms with Gasteiger partial charge in [0.25, 0.3) is 0 Å². The van der Waals surface area contributed by atoms with Gasteiger partial charge in [-0.25, -0.2) is 0 Å². The summed E-state index contributed by atoms with van der Waals surface area (Å²) in [6, 6.07) is 13.1. The van der Waals surface area contributed by atoms with Crippen molar-refractivity contribution < 1.29 is 27.5 Å². The molecule has 0 fully saturated rings. The predicted molar refractivity (Wildman–Crippen MR) is 85.5 cm³/mol. The van der Waals surface area contributed by atoms with E-state index in [9.17, 15) is 22.8 Å². The van der Waals surface area contributed by atoms with Gasteiger partial charge in [0.05, 0.1) is 13.2 Å². The van der Waals surface area contributed by atoms with Crippen molar-refractivity contribution >= 4 is 11.7 Å². The predicted octanol–water partition coefficient (Wildman–Crippen LogP) is 3.17.